The molecule has 29 heavy (non-hydrogen) atoms. The number of rotatable bonds is 5. The third-order valence-electron chi connectivity index (χ3n) is 3.88. The third kappa shape index (κ3) is 4.30. The number of para-hydroxylation sites is 1. The Morgan fingerprint density at radius 1 is 1.21 bits per heavy atom. The lowest BCUT2D eigenvalue weighted by Gasteiger charge is -2.23. The smallest absolute Gasteiger partial charge is 0.368 e. The Morgan fingerprint density at radius 3 is 2.38 bits per heavy atom. The average Bonchev–Trinajstić information content (AvgIpc) is 2.95. The Hall–Kier alpha value is -3.19. The Kier molecular flexibility index (Phi) is 5.19. The van der Waals surface area contributed by atoms with E-state index < -0.39 is 21.9 Å². The van der Waals surface area contributed by atoms with Crippen LogP contribution in [0.4, 0.5) is 16.4 Å². The van der Waals surface area contributed by atoms with Gasteiger partial charge in [0.05, 0.1) is 14.2 Å². The molecule has 2 amide bonds. The van der Waals surface area contributed by atoms with Crippen molar-refractivity contribution in [2.24, 2.45) is 0 Å². The van der Waals surface area contributed by atoms with Crippen molar-refractivity contribution in [3.8, 4) is 17.8 Å². The highest BCUT2D eigenvalue weighted by Gasteiger charge is 2.37. The highest BCUT2D eigenvalue weighted by Crippen LogP contribution is 2.42. The maximum atomic E-state index is 12.8. The number of methoxy groups -OCH3 is 2. The fourth-order valence-electron chi connectivity index (χ4n) is 2.82. The van der Waals surface area contributed by atoms with Gasteiger partial charge in [-0.25, -0.2) is 4.79 Å². The van der Waals surface area contributed by atoms with Crippen molar-refractivity contribution in [2.45, 2.75) is 25.9 Å². The topological polar surface area (TPSA) is 153 Å². The normalized spacial score (nSPS) is 14.5. The number of carbonyl (C=O) groups excluding carboxylic acids is 1. The molecule has 0 aliphatic carbocycles. The lowest BCUT2D eigenvalue weighted by Crippen LogP contribution is -2.40. The predicted octanol–water partition coefficient (Wildman–Crippen LogP) is 1.44. The molecule has 2 aromatic rings. The first-order chi connectivity index (χ1) is 13.5. The Bertz CT molecular complexity index is 1040. The molecule has 1 aliphatic heterocycles. The van der Waals surface area contributed by atoms with E-state index in [0.717, 1.165) is 0 Å². The maximum Gasteiger partial charge on any atom is 0.368 e. The van der Waals surface area contributed by atoms with Gasteiger partial charge in [0, 0.05) is 12.0 Å². The van der Waals surface area contributed by atoms with E-state index in [0.29, 0.717) is 12.0 Å². The van der Waals surface area contributed by atoms with Gasteiger partial charge in [0.25, 0.3) is 0 Å². The largest absolute Gasteiger partial charge is 0.485 e. The number of carbonyl (C=O) groups is 1. The lowest BCUT2D eigenvalue weighted by molar-refractivity contribution is 0.139. The van der Waals surface area contributed by atoms with Gasteiger partial charge in [0.1, 0.15) is 17.0 Å². The van der Waals surface area contributed by atoms with Crippen LogP contribution in [-0.4, -0.2) is 53.8 Å². The summed E-state index contributed by atoms with van der Waals surface area (Å²) in [5.74, 6) is -0.169. The first-order valence-corrected chi connectivity index (χ1v) is 9.67. The van der Waals surface area contributed by atoms with Crippen LogP contribution in [0.25, 0.3) is 0 Å². The van der Waals surface area contributed by atoms with E-state index in [2.05, 4.69) is 20.3 Å². The molecule has 0 saturated carbocycles. The maximum absolute atomic E-state index is 12.8. The van der Waals surface area contributed by atoms with Crippen LogP contribution in [0, 0.1) is 0 Å². The van der Waals surface area contributed by atoms with Crippen LogP contribution < -0.4 is 23.8 Å². The zero-order valence-electron chi connectivity index (χ0n) is 16.0. The van der Waals surface area contributed by atoms with Gasteiger partial charge in [-0.3, -0.25) is 9.87 Å². The highest BCUT2D eigenvalue weighted by molar-refractivity contribution is 7.88. The molecule has 156 valence electrons. The summed E-state index contributed by atoms with van der Waals surface area (Å²) in [7, 11) is -2.44. The Labute approximate surface area is 166 Å². The van der Waals surface area contributed by atoms with Crippen LogP contribution >= 0.6 is 0 Å². The summed E-state index contributed by atoms with van der Waals surface area (Å²) in [6.07, 6.45) is 0.499. The number of nitrogens with one attached hydrogen (secondary N) is 1. The molecule has 1 aromatic heterocycles. The highest BCUT2D eigenvalue weighted by atomic mass is 32.2. The SMILES string of the molecule is COc1nc(NC(=O)N(c2cccc3c2OC(C)(C)C3)S(=O)(=O)O)nc(OC)n1. The van der Waals surface area contributed by atoms with E-state index in [9.17, 15) is 17.8 Å². The second-order valence-corrected chi connectivity index (χ2v) is 7.87. The number of hydrogen-bond acceptors (Lipinski definition) is 9. The van der Waals surface area contributed by atoms with E-state index in [4.69, 9.17) is 14.2 Å². The number of urea groups is 1. The number of fused-ring (bicyclic) bond motifs is 1. The molecule has 0 saturated heterocycles. The van der Waals surface area contributed by atoms with Gasteiger partial charge in [-0.05, 0) is 19.9 Å². The Morgan fingerprint density at radius 2 is 1.83 bits per heavy atom. The quantitative estimate of drug-likeness (QED) is 0.673. The molecule has 0 fully saturated rings. The first kappa shape index (κ1) is 20.5. The van der Waals surface area contributed by atoms with E-state index in [-0.39, 0.29) is 33.7 Å². The molecule has 0 radical (unpaired) electrons. The van der Waals surface area contributed by atoms with Crippen LogP contribution in [-0.2, 0) is 16.7 Å². The minimum Gasteiger partial charge on any atom is -0.485 e. The van der Waals surface area contributed by atoms with Crippen molar-refractivity contribution >= 4 is 28.0 Å². The summed E-state index contributed by atoms with van der Waals surface area (Å²) in [4.78, 5) is 24.1. The van der Waals surface area contributed by atoms with Crippen molar-refractivity contribution in [3.63, 3.8) is 0 Å². The average molecular weight is 425 g/mol. The van der Waals surface area contributed by atoms with Gasteiger partial charge in [-0.15, -0.1) is 4.98 Å². The predicted molar refractivity (Wildman–Crippen MR) is 101 cm³/mol. The van der Waals surface area contributed by atoms with Crippen molar-refractivity contribution in [2.75, 3.05) is 23.8 Å². The molecule has 0 atom stereocenters. The van der Waals surface area contributed by atoms with E-state index in [1.807, 2.05) is 13.8 Å². The van der Waals surface area contributed by atoms with Crippen LogP contribution in [0.15, 0.2) is 18.2 Å². The third-order valence-corrected chi connectivity index (χ3v) is 4.71. The van der Waals surface area contributed by atoms with Gasteiger partial charge in [-0.1, -0.05) is 12.1 Å². The molecule has 12 nitrogen and oxygen atoms in total. The molecule has 0 bridgehead atoms. The second kappa shape index (κ2) is 7.33. The van der Waals surface area contributed by atoms with Crippen LogP contribution in [0.5, 0.6) is 17.8 Å². The molecule has 1 aliphatic rings. The number of benzene rings is 1. The van der Waals surface area contributed by atoms with Crippen molar-refractivity contribution in [1.29, 1.82) is 0 Å². The molecule has 13 heteroatoms. The first-order valence-electron chi connectivity index (χ1n) is 8.28. The summed E-state index contributed by atoms with van der Waals surface area (Å²) in [6, 6.07) is 3.05. The molecular weight excluding hydrogens is 406 g/mol. The van der Waals surface area contributed by atoms with Crippen molar-refractivity contribution in [3.05, 3.63) is 23.8 Å². The van der Waals surface area contributed by atoms with Crippen LogP contribution in [0.3, 0.4) is 0 Å². The number of hydrogen-bond donors (Lipinski definition) is 2. The van der Waals surface area contributed by atoms with Crippen LogP contribution in [0.2, 0.25) is 0 Å². The summed E-state index contributed by atoms with van der Waals surface area (Å²) >= 11 is 0. The number of aromatic nitrogens is 3. The zero-order valence-corrected chi connectivity index (χ0v) is 16.8. The summed E-state index contributed by atoms with van der Waals surface area (Å²) in [6.45, 7) is 3.63. The minimum absolute atomic E-state index is 0.152. The van der Waals surface area contributed by atoms with E-state index in [1.54, 1.807) is 12.1 Å². The monoisotopic (exact) mass is 425 g/mol. The standard InChI is InChI=1S/C16H19N5O7S/c1-16(2)8-9-6-5-7-10(11(9)28-16)21(29(23,24)25)15(22)19-12-17-13(26-3)20-14(18-12)27-4/h5-7H,8H2,1-4H3,(H,23,24,25)(H,17,18,19,20,22). The number of anilines is 2. The van der Waals surface area contributed by atoms with Gasteiger partial charge in [-0.2, -0.15) is 22.7 Å². The van der Waals surface area contributed by atoms with Gasteiger partial charge in [0.2, 0.25) is 5.95 Å². The van der Waals surface area contributed by atoms with Gasteiger partial charge >= 0.3 is 28.4 Å². The Balaban J connectivity index is 2.01. The summed E-state index contributed by atoms with van der Waals surface area (Å²) in [5, 5.41) is 2.18. The lowest BCUT2D eigenvalue weighted by atomic mass is 10.0. The van der Waals surface area contributed by atoms with Gasteiger partial charge in [0.15, 0.2) is 0 Å². The van der Waals surface area contributed by atoms with Crippen molar-refractivity contribution in [1.82, 2.24) is 15.0 Å². The fourth-order valence-corrected chi connectivity index (χ4v) is 3.47. The fraction of sp³-hybridized carbons (Fsp3) is 0.375. The van der Waals surface area contributed by atoms with E-state index >= 15 is 0 Å². The zero-order chi connectivity index (χ0) is 21.4. The molecule has 2 heterocycles. The van der Waals surface area contributed by atoms with Gasteiger partial charge < -0.3 is 14.2 Å². The minimum atomic E-state index is -5.02. The summed E-state index contributed by atoms with van der Waals surface area (Å²) < 4.78 is 49.5. The number of nitrogens with zero attached hydrogens (tertiary/aromatic N) is 4. The number of amides is 2. The summed E-state index contributed by atoms with van der Waals surface area (Å²) in [5.41, 5.74) is -0.0621. The molecular formula is C16H19N5O7S. The number of ether oxygens (including phenoxy) is 3. The molecule has 3 rings (SSSR count). The van der Waals surface area contributed by atoms with Crippen LogP contribution in [0.1, 0.15) is 19.4 Å². The molecule has 2 N–H and O–H groups in total. The molecule has 1 aromatic carbocycles. The molecule has 0 spiro atoms. The van der Waals surface area contributed by atoms with Crippen molar-refractivity contribution < 1.29 is 32.0 Å². The van der Waals surface area contributed by atoms with E-state index in [1.165, 1.54) is 20.3 Å². The molecule has 0 unspecified atom stereocenters. The second-order valence-electron chi connectivity index (χ2n) is 6.61.